The Hall–Kier alpha value is -3.35. The summed E-state index contributed by atoms with van der Waals surface area (Å²) in [5.41, 5.74) is 3.91. The number of aromatic nitrogens is 1. The number of halogens is 2. The molecule has 180 valence electrons. The number of nitrogens with zero attached hydrogens (tertiary/aromatic N) is 2. The number of fused-ring (bicyclic) bond motifs is 5. The van der Waals surface area contributed by atoms with Gasteiger partial charge in [-0.1, -0.05) is 29.8 Å². The number of likely N-dealkylation sites (tertiary alicyclic amines) is 1. The molecule has 1 N–H and O–H groups in total. The zero-order chi connectivity index (χ0) is 24.2. The molecule has 0 spiro atoms. The van der Waals surface area contributed by atoms with Crippen molar-refractivity contribution in [2.24, 2.45) is 5.92 Å². The Morgan fingerprint density at radius 3 is 2.69 bits per heavy atom. The van der Waals surface area contributed by atoms with Crippen LogP contribution in [0.25, 0.3) is 22.0 Å². The second-order valence-corrected chi connectivity index (χ2v) is 9.16. The SMILES string of the molecule is FCC1CN(CCOc2ccccc2)C1.Oc1ccc2c3c(cnc2c1)-c1ccc(Cl)cc1OC3. The summed E-state index contributed by atoms with van der Waals surface area (Å²) in [4.78, 5) is 6.64. The molecule has 0 bridgehead atoms. The number of hydrogen-bond acceptors (Lipinski definition) is 5. The maximum atomic E-state index is 12.1. The van der Waals surface area contributed by atoms with E-state index in [2.05, 4.69) is 9.88 Å². The van der Waals surface area contributed by atoms with E-state index in [1.54, 1.807) is 12.1 Å². The molecule has 35 heavy (non-hydrogen) atoms. The molecule has 0 radical (unpaired) electrons. The van der Waals surface area contributed by atoms with Crippen LogP contribution in [0.15, 0.2) is 72.9 Å². The average Bonchev–Trinajstić information content (AvgIpc) is 2.85. The second kappa shape index (κ2) is 10.5. The van der Waals surface area contributed by atoms with Crippen molar-refractivity contribution in [1.29, 1.82) is 0 Å². The van der Waals surface area contributed by atoms with Gasteiger partial charge in [-0.25, -0.2) is 0 Å². The third-order valence-corrected chi connectivity index (χ3v) is 6.48. The van der Waals surface area contributed by atoms with Crippen LogP contribution >= 0.6 is 11.6 Å². The van der Waals surface area contributed by atoms with E-state index in [1.165, 1.54) is 0 Å². The van der Waals surface area contributed by atoms with Crippen LogP contribution in [-0.4, -0.2) is 47.9 Å². The normalized spacial score (nSPS) is 14.7. The molecule has 5 nitrogen and oxygen atoms in total. The zero-order valence-electron chi connectivity index (χ0n) is 19.2. The van der Waals surface area contributed by atoms with Gasteiger partial charge in [0.25, 0.3) is 0 Å². The minimum Gasteiger partial charge on any atom is -0.508 e. The van der Waals surface area contributed by atoms with Gasteiger partial charge in [0, 0.05) is 64.9 Å². The minimum absolute atomic E-state index is 0.184. The van der Waals surface area contributed by atoms with Crippen molar-refractivity contribution >= 4 is 22.5 Å². The number of benzene rings is 3. The second-order valence-electron chi connectivity index (χ2n) is 8.72. The molecule has 3 heterocycles. The van der Waals surface area contributed by atoms with Gasteiger partial charge >= 0.3 is 0 Å². The Balaban J connectivity index is 0.000000152. The number of alkyl halides is 1. The van der Waals surface area contributed by atoms with E-state index >= 15 is 0 Å². The van der Waals surface area contributed by atoms with Gasteiger partial charge in [-0.05, 0) is 42.5 Å². The summed E-state index contributed by atoms with van der Waals surface area (Å²) >= 11 is 5.99. The Morgan fingerprint density at radius 2 is 1.89 bits per heavy atom. The lowest BCUT2D eigenvalue weighted by Gasteiger charge is -2.37. The highest BCUT2D eigenvalue weighted by Gasteiger charge is 2.25. The fraction of sp³-hybridized carbons (Fsp3) is 0.250. The Morgan fingerprint density at radius 1 is 1.06 bits per heavy atom. The number of rotatable bonds is 5. The minimum atomic E-state index is -0.184. The predicted octanol–water partition coefficient (Wildman–Crippen LogP) is 6.12. The lowest BCUT2D eigenvalue weighted by atomic mass is 9.95. The van der Waals surface area contributed by atoms with Gasteiger partial charge < -0.3 is 14.6 Å². The highest BCUT2D eigenvalue weighted by Crippen LogP contribution is 2.41. The van der Waals surface area contributed by atoms with Crippen LogP contribution in [0.3, 0.4) is 0 Å². The van der Waals surface area contributed by atoms with Crippen LogP contribution in [0, 0.1) is 5.92 Å². The Bertz CT molecular complexity index is 1310. The van der Waals surface area contributed by atoms with Crippen molar-refractivity contribution in [3.8, 4) is 28.4 Å². The summed E-state index contributed by atoms with van der Waals surface area (Å²) < 4.78 is 23.5. The quantitative estimate of drug-likeness (QED) is 0.364. The van der Waals surface area contributed by atoms with E-state index < -0.39 is 0 Å². The number of hydrogen-bond donors (Lipinski definition) is 1. The molecule has 2 aliphatic rings. The number of pyridine rings is 1. The lowest BCUT2D eigenvalue weighted by molar-refractivity contribution is 0.0668. The molecule has 1 fully saturated rings. The van der Waals surface area contributed by atoms with E-state index in [1.807, 2.05) is 60.8 Å². The van der Waals surface area contributed by atoms with Crippen molar-refractivity contribution in [1.82, 2.24) is 9.88 Å². The van der Waals surface area contributed by atoms with E-state index in [4.69, 9.17) is 21.1 Å². The molecule has 0 unspecified atom stereocenters. The van der Waals surface area contributed by atoms with Crippen molar-refractivity contribution in [2.75, 3.05) is 32.9 Å². The molecule has 1 saturated heterocycles. The molecule has 4 aromatic rings. The predicted molar refractivity (Wildman–Crippen MR) is 136 cm³/mol. The van der Waals surface area contributed by atoms with E-state index in [-0.39, 0.29) is 18.3 Å². The molecule has 3 aromatic carbocycles. The topological polar surface area (TPSA) is 54.8 Å². The first-order chi connectivity index (χ1) is 17.1. The fourth-order valence-corrected chi connectivity index (χ4v) is 4.54. The van der Waals surface area contributed by atoms with Crippen molar-refractivity contribution in [2.45, 2.75) is 6.61 Å². The van der Waals surface area contributed by atoms with Crippen LogP contribution < -0.4 is 9.47 Å². The standard InChI is InChI=1S/C16H10ClNO2.C12H16FNO/c17-9-1-3-12-13-7-18-15-6-10(19)2-4-11(15)14(13)8-20-16(12)5-9;13-8-11-9-14(10-11)6-7-15-12-4-2-1-3-5-12/h1-7,19H,8H2;1-5,11H,6-10H2. The smallest absolute Gasteiger partial charge is 0.129 e. The van der Waals surface area contributed by atoms with Crippen LogP contribution in [0.2, 0.25) is 5.02 Å². The molecule has 7 heteroatoms. The first-order valence-electron chi connectivity index (χ1n) is 11.6. The first-order valence-corrected chi connectivity index (χ1v) is 12.0. The monoisotopic (exact) mass is 492 g/mol. The Kier molecular flexibility index (Phi) is 7.02. The van der Waals surface area contributed by atoms with Crippen LogP contribution in [0.1, 0.15) is 5.56 Å². The molecule has 0 atom stereocenters. The summed E-state index contributed by atoms with van der Waals surface area (Å²) in [5.74, 6) is 2.17. The van der Waals surface area contributed by atoms with Crippen molar-refractivity contribution in [3.63, 3.8) is 0 Å². The largest absolute Gasteiger partial charge is 0.508 e. The summed E-state index contributed by atoms with van der Waals surface area (Å²) in [6.07, 6.45) is 1.83. The molecule has 6 rings (SSSR count). The van der Waals surface area contributed by atoms with Gasteiger partial charge in [-0.15, -0.1) is 0 Å². The van der Waals surface area contributed by atoms with Gasteiger partial charge in [0.15, 0.2) is 0 Å². The van der Waals surface area contributed by atoms with Gasteiger partial charge in [-0.2, -0.15) is 0 Å². The summed E-state index contributed by atoms with van der Waals surface area (Å²) in [7, 11) is 0. The van der Waals surface area contributed by atoms with Gasteiger partial charge in [0.1, 0.15) is 30.5 Å². The molecule has 2 aliphatic heterocycles. The van der Waals surface area contributed by atoms with Crippen LogP contribution in [0.4, 0.5) is 4.39 Å². The fourth-order valence-electron chi connectivity index (χ4n) is 4.38. The maximum absolute atomic E-state index is 12.1. The summed E-state index contributed by atoms with van der Waals surface area (Å²) in [6.45, 7) is 3.64. The molecule has 1 aromatic heterocycles. The molecular weight excluding hydrogens is 467 g/mol. The first kappa shape index (κ1) is 23.4. The van der Waals surface area contributed by atoms with Crippen LogP contribution in [0.5, 0.6) is 17.2 Å². The number of para-hydroxylation sites is 1. The number of phenolic OH excluding ortho intramolecular Hbond substituents is 1. The van der Waals surface area contributed by atoms with E-state index in [0.717, 1.165) is 58.7 Å². The van der Waals surface area contributed by atoms with Gasteiger partial charge in [-0.3, -0.25) is 14.3 Å². The zero-order valence-corrected chi connectivity index (χ0v) is 19.9. The maximum Gasteiger partial charge on any atom is 0.129 e. The lowest BCUT2D eigenvalue weighted by Crippen LogP contribution is -2.49. The number of ether oxygens (including phenoxy) is 2. The molecule has 0 amide bonds. The Labute approximate surface area is 208 Å². The van der Waals surface area contributed by atoms with E-state index in [0.29, 0.717) is 18.2 Å². The van der Waals surface area contributed by atoms with Gasteiger partial charge in [0.05, 0.1) is 12.2 Å². The number of aromatic hydroxyl groups is 1. The molecule has 0 saturated carbocycles. The third-order valence-electron chi connectivity index (χ3n) is 6.24. The third kappa shape index (κ3) is 5.34. The summed E-state index contributed by atoms with van der Waals surface area (Å²) in [6, 6.07) is 20.6. The highest BCUT2D eigenvalue weighted by molar-refractivity contribution is 6.30. The van der Waals surface area contributed by atoms with Crippen molar-refractivity contribution in [3.05, 3.63) is 83.5 Å². The average molecular weight is 493 g/mol. The molecule has 0 aliphatic carbocycles. The van der Waals surface area contributed by atoms with E-state index in [9.17, 15) is 9.50 Å². The van der Waals surface area contributed by atoms with Crippen molar-refractivity contribution < 1.29 is 19.0 Å². The van der Waals surface area contributed by atoms with Crippen LogP contribution in [-0.2, 0) is 6.61 Å². The number of phenols is 1. The van der Waals surface area contributed by atoms with Gasteiger partial charge in [0.2, 0.25) is 0 Å². The molecular formula is C28H26ClFN2O3. The summed E-state index contributed by atoms with van der Waals surface area (Å²) in [5, 5.41) is 11.2. The highest BCUT2D eigenvalue weighted by atomic mass is 35.5.